The predicted octanol–water partition coefficient (Wildman–Crippen LogP) is 2.58. The van der Waals surface area contributed by atoms with Crippen LogP contribution in [0.1, 0.15) is 0 Å². The lowest BCUT2D eigenvalue weighted by Gasteiger charge is -1.85. The number of nitrogens with zero attached hydrogens (tertiary/aromatic N) is 1. The second-order valence-corrected chi connectivity index (χ2v) is 3.45. The van der Waals surface area contributed by atoms with Gasteiger partial charge in [0.05, 0.1) is 2.56 Å². The van der Waals surface area contributed by atoms with Crippen LogP contribution in [0.15, 0.2) is 0 Å². The van der Waals surface area contributed by atoms with Crippen molar-refractivity contribution in [3.8, 4) is 0 Å². The van der Waals surface area contributed by atoms with Gasteiger partial charge >= 0.3 is 0 Å². The second kappa shape index (κ2) is 3.13. The van der Waals surface area contributed by atoms with Crippen LogP contribution in [0.25, 0.3) is 0 Å². The maximum atomic E-state index is 4.76. The molecule has 0 heterocycles. The highest BCUT2D eigenvalue weighted by Gasteiger charge is 2.16. The first-order valence-electron chi connectivity index (χ1n) is 0.676. The molecule has 6 heavy (non-hydrogen) atoms. The highest BCUT2D eigenvalue weighted by atomic mass is 35.6. The Morgan fingerprint density at radius 2 is 0.833 bits per heavy atom. The third-order valence-electron chi connectivity index (χ3n) is 0. The SMILES string of the molecule is Cl[N+](Cl)(Cl)Cl.N. The van der Waals surface area contributed by atoms with Crippen molar-refractivity contribution in [3.05, 3.63) is 0 Å². The molecule has 6 heteroatoms. The van der Waals surface area contributed by atoms with Crippen LogP contribution in [0.3, 0.4) is 0 Å². The van der Waals surface area contributed by atoms with Gasteiger partial charge in [0.2, 0.25) is 47.1 Å². The summed E-state index contributed by atoms with van der Waals surface area (Å²) < 4.78 is -1.11. The van der Waals surface area contributed by atoms with Crippen LogP contribution < -0.4 is 6.15 Å². The topological polar surface area (TPSA) is 35.0 Å². The first kappa shape index (κ1) is 10.1. The minimum atomic E-state index is -1.11. The van der Waals surface area contributed by atoms with Crippen molar-refractivity contribution in [2.24, 2.45) is 0 Å². The number of rotatable bonds is 0. The van der Waals surface area contributed by atoms with Crippen LogP contribution in [0.2, 0.25) is 0 Å². The van der Waals surface area contributed by atoms with Gasteiger partial charge in [0.15, 0.2) is 0 Å². The number of hydrogen-bond acceptors (Lipinski definition) is 1. The van der Waals surface area contributed by atoms with Gasteiger partial charge < -0.3 is 6.15 Å². The Labute approximate surface area is 56.1 Å². The maximum absolute atomic E-state index is 4.76. The second-order valence-electron chi connectivity index (χ2n) is 0.383. The summed E-state index contributed by atoms with van der Waals surface area (Å²) >= 11 is 19.1. The Hall–Kier alpha value is 1.08. The zero-order chi connectivity index (χ0) is 4.50. The Bertz CT molecular complexity index is 21.0. The molecule has 0 aliphatic carbocycles. The molecule has 0 aromatic carbocycles. The molecule has 0 saturated carbocycles. The molecule has 0 aliphatic rings. The van der Waals surface area contributed by atoms with Gasteiger partial charge in [-0.2, -0.15) is 0 Å². The molecular formula is H3Cl4N2+. The van der Waals surface area contributed by atoms with E-state index in [2.05, 4.69) is 0 Å². The molecule has 0 aromatic rings. The van der Waals surface area contributed by atoms with Crippen LogP contribution in [-0.4, -0.2) is 2.56 Å². The lowest BCUT2D eigenvalue weighted by Crippen LogP contribution is -1.89. The molecule has 2 nitrogen and oxygen atoms in total. The molecule has 0 rings (SSSR count). The first-order chi connectivity index (χ1) is 2.00. The van der Waals surface area contributed by atoms with Crippen LogP contribution in [0.5, 0.6) is 0 Å². The highest BCUT2D eigenvalue weighted by Crippen LogP contribution is 2.24. The lowest BCUT2D eigenvalue weighted by molar-refractivity contribution is -0.381. The van der Waals surface area contributed by atoms with E-state index in [0.717, 1.165) is 0 Å². The minimum absolute atomic E-state index is 0. The highest BCUT2D eigenvalue weighted by molar-refractivity contribution is 6.50. The zero-order valence-electron chi connectivity index (χ0n) is 2.67. The van der Waals surface area contributed by atoms with E-state index in [1.54, 1.807) is 0 Å². The van der Waals surface area contributed by atoms with Gasteiger partial charge in [0, 0.05) is 0 Å². The molecule has 0 unspecified atom stereocenters. The van der Waals surface area contributed by atoms with Crippen molar-refractivity contribution in [2.45, 2.75) is 0 Å². The van der Waals surface area contributed by atoms with Crippen molar-refractivity contribution in [2.75, 3.05) is 0 Å². The van der Waals surface area contributed by atoms with E-state index in [0.29, 0.717) is 0 Å². The number of halogens is 4. The van der Waals surface area contributed by atoms with Crippen molar-refractivity contribution < 1.29 is 2.56 Å². The van der Waals surface area contributed by atoms with Gasteiger partial charge in [-0.25, -0.2) is 0 Å². The molecule has 0 aromatic heterocycles. The van der Waals surface area contributed by atoms with E-state index in [4.69, 9.17) is 47.1 Å². The largest absolute Gasteiger partial charge is 0.344 e. The summed E-state index contributed by atoms with van der Waals surface area (Å²) in [5.74, 6) is 0. The van der Waals surface area contributed by atoms with Crippen LogP contribution in [0, 0.1) is 0 Å². The molecule has 40 valence electrons. The maximum Gasteiger partial charge on any atom is 0.231 e. The normalized spacial score (nSPS) is 10.0. The van der Waals surface area contributed by atoms with Crippen LogP contribution in [-0.2, 0) is 0 Å². The van der Waals surface area contributed by atoms with E-state index in [1.165, 1.54) is 0 Å². The Balaban J connectivity index is 0. The van der Waals surface area contributed by atoms with Crippen molar-refractivity contribution in [3.63, 3.8) is 0 Å². The average Bonchev–Trinajstić information content (AvgIpc) is 0.722. The van der Waals surface area contributed by atoms with Gasteiger partial charge in [-0.05, 0) is 0 Å². The van der Waals surface area contributed by atoms with E-state index < -0.39 is 2.56 Å². The molecule has 0 fully saturated rings. The minimum Gasteiger partial charge on any atom is -0.344 e. The number of quaternary nitrogens is 1. The van der Waals surface area contributed by atoms with E-state index in [1.807, 2.05) is 0 Å². The summed E-state index contributed by atoms with van der Waals surface area (Å²) in [6.45, 7) is 0. The van der Waals surface area contributed by atoms with Crippen molar-refractivity contribution >= 4 is 47.1 Å². The van der Waals surface area contributed by atoms with Crippen molar-refractivity contribution in [1.29, 1.82) is 0 Å². The molecule has 0 amide bonds. The van der Waals surface area contributed by atoms with E-state index in [-0.39, 0.29) is 6.15 Å². The fourth-order valence-electron chi connectivity index (χ4n) is 0. The summed E-state index contributed by atoms with van der Waals surface area (Å²) in [6, 6.07) is 0. The van der Waals surface area contributed by atoms with Crippen LogP contribution in [0.4, 0.5) is 0 Å². The molecule has 0 saturated heterocycles. The summed E-state index contributed by atoms with van der Waals surface area (Å²) in [6.07, 6.45) is 0. The van der Waals surface area contributed by atoms with E-state index >= 15 is 0 Å². The molecule has 0 spiro atoms. The monoisotopic (exact) mass is 171 g/mol. The molecule has 0 atom stereocenters. The Morgan fingerprint density at radius 3 is 0.833 bits per heavy atom. The van der Waals surface area contributed by atoms with Gasteiger partial charge in [-0.1, -0.05) is 0 Å². The molecule has 0 radical (unpaired) electrons. The summed E-state index contributed by atoms with van der Waals surface area (Å²) in [7, 11) is 0. The zero-order valence-corrected chi connectivity index (χ0v) is 5.69. The van der Waals surface area contributed by atoms with E-state index in [9.17, 15) is 0 Å². The third kappa shape index (κ3) is 72.5. The molecule has 0 bridgehead atoms. The van der Waals surface area contributed by atoms with Gasteiger partial charge in [0.25, 0.3) is 0 Å². The fourth-order valence-corrected chi connectivity index (χ4v) is 0. The lowest BCUT2D eigenvalue weighted by atomic mass is 13.8. The summed E-state index contributed by atoms with van der Waals surface area (Å²) in [5, 5.41) is 0. The summed E-state index contributed by atoms with van der Waals surface area (Å²) in [4.78, 5) is 0. The third-order valence-corrected chi connectivity index (χ3v) is 0. The number of hydrogen-bond donors (Lipinski definition) is 1. The fraction of sp³-hybridized carbons (Fsp3) is 0. The predicted molar refractivity (Wildman–Crippen MR) is 28.7 cm³/mol. The molecule has 0 aliphatic heterocycles. The Kier molecular flexibility index (Phi) is 5.29. The van der Waals surface area contributed by atoms with Crippen LogP contribution >= 0.6 is 47.1 Å². The van der Waals surface area contributed by atoms with Gasteiger partial charge in [-0.15, -0.1) is 0 Å². The molecule has 3 N–H and O–H groups in total. The standard InChI is InChI=1S/Cl4N.H3N/c1-5(2,3)4;/h;1H3/q+1;. The molecular weight excluding hydrogens is 170 g/mol. The first-order valence-corrected chi connectivity index (χ1v) is 2.03. The smallest absolute Gasteiger partial charge is 0.231 e. The Morgan fingerprint density at radius 1 is 0.833 bits per heavy atom. The van der Waals surface area contributed by atoms with Crippen molar-refractivity contribution in [1.82, 2.24) is 6.15 Å². The average molecular weight is 173 g/mol. The van der Waals surface area contributed by atoms with Gasteiger partial charge in [-0.3, -0.25) is 0 Å². The quantitative estimate of drug-likeness (QED) is 0.561. The summed E-state index contributed by atoms with van der Waals surface area (Å²) in [5.41, 5.74) is 0. The van der Waals surface area contributed by atoms with Gasteiger partial charge in [0.1, 0.15) is 0 Å².